The van der Waals surface area contributed by atoms with Gasteiger partial charge in [0.15, 0.2) is 0 Å². The Morgan fingerprint density at radius 2 is 1.42 bits per heavy atom. The summed E-state index contributed by atoms with van der Waals surface area (Å²) in [5, 5.41) is 0. The van der Waals surface area contributed by atoms with E-state index in [-0.39, 0.29) is 0 Å². The summed E-state index contributed by atoms with van der Waals surface area (Å²) in [5.74, 6) is 6.13. The van der Waals surface area contributed by atoms with Crippen LogP contribution in [0.4, 0.5) is 0 Å². The van der Waals surface area contributed by atoms with Gasteiger partial charge < -0.3 is 0 Å². The Morgan fingerprint density at radius 1 is 0.871 bits per heavy atom. The van der Waals surface area contributed by atoms with Crippen LogP contribution in [0.2, 0.25) is 0 Å². The second-order valence-electron chi connectivity index (χ2n) is 12.0. The highest BCUT2D eigenvalue weighted by molar-refractivity contribution is 5.11. The van der Waals surface area contributed by atoms with E-state index >= 15 is 0 Å². The highest BCUT2D eigenvalue weighted by Gasteiger charge is 2.25. The fourth-order valence-electron chi connectivity index (χ4n) is 5.47. The van der Waals surface area contributed by atoms with E-state index in [1.54, 1.807) is 5.57 Å². The maximum atomic E-state index is 2.55. The fourth-order valence-corrected chi connectivity index (χ4v) is 5.47. The molecule has 0 aliphatic heterocycles. The van der Waals surface area contributed by atoms with Crippen molar-refractivity contribution in [3.8, 4) is 0 Å². The van der Waals surface area contributed by atoms with Crippen LogP contribution < -0.4 is 0 Å². The molecular weight excluding hydrogens is 372 g/mol. The van der Waals surface area contributed by atoms with Gasteiger partial charge in [-0.05, 0) is 79.4 Å². The molecule has 1 aliphatic rings. The Bertz CT molecular complexity index is 435. The maximum Gasteiger partial charge on any atom is -0.0180 e. The van der Waals surface area contributed by atoms with Gasteiger partial charge in [-0.25, -0.2) is 0 Å². The van der Waals surface area contributed by atoms with E-state index in [0.29, 0.717) is 5.41 Å². The molecule has 0 fully saturated rings. The fraction of sp³-hybridized carbons (Fsp3) is 0.935. The van der Waals surface area contributed by atoms with E-state index < -0.39 is 0 Å². The molecule has 0 saturated heterocycles. The van der Waals surface area contributed by atoms with Crippen molar-refractivity contribution in [3.05, 3.63) is 11.6 Å². The van der Waals surface area contributed by atoms with E-state index in [9.17, 15) is 0 Å². The lowest BCUT2D eigenvalue weighted by molar-refractivity contribution is 0.225. The summed E-state index contributed by atoms with van der Waals surface area (Å²) in [6, 6.07) is 0. The standard InChI is InChI=1S/C15H32.C14H26.C2H6/c1-8-13(4)14(9-2)10-12(3)11-15(5,6)7;1-6-11(4)14-8-7-13(10(2)3)9-12(14)5;1-2/h12-14H,8-11H2,1-7H3;9-11,13-14H,6-8H2,1-5H3;1-2H3. The lowest BCUT2D eigenvalue weighted by Crippen LogP contribution is -2.21. The summed E-state index contributed by atoms with van der Waals surface area (Å²) < 4.78 is 0. The van der Waals surface area contributed by atoms with Crippen LogP contribution in [0, 0.1) is 46.8 Å². The number of allylic oxidation sites excluding steroid dienone is 2. The van der Waals surface area contributed by atoms with Crippen molar-refractivity contribution in [2.24, 2.45) is 46.8 Å². The molecule has 0 aromatic carbocycles. The summed E-state index contributed by atoms with van der Waals surface area (Å²) in [6.07, 6.45) is 12.2. The van der Waals surface area contributed by atoms with Gasteiger partial charge in [-0.1, -0.05) is 121 Å². The Balaban J connectivity index is 0. The molecule has 1 aliphatic carbocycles. The molecule has 6 unspecified atom stereocenters. The predicted octanol–water partition coefficient (Wildman–Crippen LogP) is 11.2. The molecular formula is C31H64. The minimum atomic E-state index is 0.493. The van der Waals surface area contributed by atoms with Gasteiger partial charge in [0.25, 0.3) is 0 Å². The largest absolute Gasteiger partial charge is 0.0819 e. The third kappa shape index (κ3) is 14.5. The normalized spacial score (nSPS) is 22.9. The van der Waals surface area contributed by atoms with Gasteiger partial charge in [-0.2, -0.15) is 0 Å². The zero-order chi connectivity index (χ0) is 24.8. The minimum Gasteiger partial charge on any atom is -0.0819 e. The van der Waals surface area contributed by atoms with Crippen LogP contribution in [0.3, 0.4) is 0 Å². The lowest BCUT2D eigenvalue weighted by atomic mass is 9.73. The Kier molecular flexibility index (Phi) is 18.3. The molecule has 188 valence electrons. The first-order chi connectivity index (χ1) is 14.4. The van der Waals surface area contributed by atoms with Crippen LogP contribution in [0.5, 0.6) is 0 Å². The molecule has 31 heavy (non-hydrogen) atoms. The Morgan fingerprint density at radius 3 is 1.77 bits per heavy atom. The van der Waals surface area contributed by atoms with Crippen LogP contribution in [-0.4, -0.2) is 0 Å². The van der Waals surface area contributed by atoms with Gasteiger partial charge in [-0.3, -0.25) is 0 Å². The summed E-state index contributed by atoms with van der Waals surface area (Å²) in [4.78, 5) is 0. The van der Waals surface area contributed by atoms with Gasteiger partial charge >= 0.3 is 0 Å². The third-order valence-corrected chi connectivity index (χ3v) is 7.70. The van der Waals surface area contributed by atoms with E-state index in [0.717, 1.165) is 41.4 Å². The van der Waals surface area contributed by atoms with Gasteiger partial charge in [0.2, 0.25) is 0 Å². The first-order valence-corrected chi connectivity index (χ1v) is 14.0. The molecule has 0 radical (unpaired) electrons. The summed E-state index contributed by atoms with van der Waals surface area (Å²) in [5.41, 5.74) is 2.15. The predicted molar refractivity (Wildman–Crippen MR) is 147 cm³/mol. The minimum absolute atomic E-state index is 0.493. The van der Waals surface area contributed by atoms with Crippen LogP contribution in [0.1, 0.15) is 142 Å². The lowest BCUT2D eigenvalue weighted by Gasteiger charge is -2.32. The average molecular weight is 437 g/mol. The smallest absolute Gasteiger partial charge is 0.0180 e. The number of hydrogen-bond acceptors (Lipinski definition) is 0. The van der Waals surface area contributed by atoms with E-state index in [1.165, 1.54) is 44.9 Å². The molecule has 0 bridgehead atoms. The molecule has 0 amide bonds. The zero-order valence-corrected chi connectivity index (χ0v) is 24.6. The second-order valence-corrected chi connectivity index (χ2v) is 12.0. The highest BCUT2D eigenvalue weighted by Crippen LogP contribution is 2.37. The van der Waals surface area contributed by atoms with Gasteiger partial charge in [0.1, 0.15) is 0 Å². The molecule has 1 rings (SSSR count). The summed E-state index contributed by atoms with van der Waals surface area (Å²) in [6.45, 7) is 32.3. The Labute approximate surface area is 200 Å². The number of rotatable bonds is 9. The van der Waals surface area contributed by atoms with Crippen molar-refractivity contribution >= 4 is 0 Å². The van der Waals surface area contributed by atoms with E-state index in [4.69, 9.17) is 0 Å². The van der Waals surface area contributed by atoms with Crippen molar-refractivity contribution in [2.45, 2.75) is 142 Å². The first-order valence-electron chi connectivity index (χ1n) is 14.0. The summed E-state index contributed by atoms with van der Waals surface area (Å²) in [7, 11) is 0. The highest BCUT2D eigenvalue weighted by atomic mass is 14.3. The van der Waals surface area contributed by atoms with E-state index in [1.807, 2.05) is 13.8 Å². The van der Waals surface area contributed by atoms with Gasteiger partial charge in [0.05, 0.1) is 0 Å². The molecule has 6 atom stereocenters. The van der Waals surface area contributed by atoms with E-state index in [2.05, 4.69) is 89.2 Å². The summed E-state index contributed by atoms with van der Waals surface area (Å²) >= 11 is 0. The molecule has 0 saturated carbocycles. The Hall–Kier alpha value is -0.260. The van der Waals surface area contributed by atoms with Crippen LogP contribution in [0.15, 0.2) is 11.6 Å². The zero-order valence-electron chi connectivity index (χ0n) is 24.6. The first kappa shape index (κ1) is 32.9. The van der Waals surface area contributed by atoms with Crippen molar-refractivity contribution < 1.29 is 0 Å². The van der Waals surface area contributed by atoms with Crippen molar-refractivity contribution in [1.82, 2.24) is 0 Å². The average Bonchev–Trinajstić information content (AvgIpc) is 2.71. The topological polar surface area (TPSA) is 0 Å². The maximum absolute atomic E-state index is 2.55. The van der Waals surface area contributed by atoms with Crippen molar-refractivity contribution in [1.29, 1.82) is 0 Å². The molecule has 0 nitrogen and oxygen atoms in total. The molecule has 0 aromatic rings. The molecule has 0 heterocycles. The SMILES string of the molecule is CC.CCC(C)C(CC)CC(C)CC(C)(C)C.CCC(C)C1CCC(C(C)C)C=C1C. The van der Waals surface area contributed by atoms with Crippen LogP contribution in [0.25, 0.3) is 0 Å². The second kappa shape index (κ2) is 17.2. The van der Waals surface area contributed by atoms with Crippen LogP contribution in [-0.2, 0) is 0 Å². The third-order valence-electron chi connectivity index (χ3n) is 7.70. The molecule has 0 N–H and O–H groups in total. The molecule has 0 aromatic heterocycles. The van der Waals surface area contributed by atoms with Crippen molar-refractivity contribution in [3.63, 3.8) is 0 Å². The number of hydrogen-bond donors (Lipinski definition) is 0. The quantitative estimate of drug-likeness (QED) is 0.315. The van der Waals surface area contributed by atoms with Gasteiger partial charge in [-0.15, -0.1) is 0 Å². The van der Waals surface area contributed by atoms with Crippen LogP contribution >= 0.6 is 0 Å². The monoisotopic (exact) mass is 437 g/mol. The van der Waals surface area contributed by atoms with Gasteiger partial charge in [0, 0.05) is 0 Å². The molecule has 0 spiro atoms. The molecule has 0 heteroatoms. The van der Waals surface area contributed by atoms with Crippen molar-refractivity contribution in [2.75, 3.05) is 0 Å².